The predicted octanol–water partition coefficient (Wildman–Crippen LogP) is 1.04. The van der Waals surface area contributed by atoms with Crippen molar-refractivity contribution < 1.29 is 38.4 Å². The van der Waals surface area contributed by atoms with E-state index in [1.54, 1.807) is 20.8 Å². The number of benzene rings is 1. The van der Waals surface area contributed by atoms with Crippen LogP contribution in [0.4, 0.5) is 0 Å². The third-order valence-electron chi connectivity index (χ3n) is 4.50. The summed E-state index contributed by atoms with van der Waals surface area (Å²) in [5.41, 5.74) is 9.55. The molecule has 0 aliphatic carbocycles. The van der Waals surface area contributed by atoms with Gasteiger partial charge in [-0.25, -0.2) is 4.79 Å². The number of rotatable bonds is 7. The molecule has 1 N–H and O–H groups in total. The molecule has 0 aromatic heterocycles. The molecule has 2 aliphatic rings. The zero-order chi connectivity index (χ0) is 20.3. The number of carbonyl (C=O) groups excluding carboxylic acids is 1. The second-order valence-electron chi connectivity index (χ2n) is 6.98. The quantitative estimate of drug-likeness (QED) is 0.319. The SMILES string of the molecule is CCOC(=O)C(=[N+]=[N-])[C@@H](O)[C@H]1O[C@@H]2OC(C)(C)O[C@@H]2[C@H]1OCc1ccccc1. The Morgan fingerprint density at radius 2 is 2.04 bits per heavy atom. The maximum Gasteiger partial charge on any atom is 0.419 e. The average molecular weight is 392 g/mol. The van der Waals surface area contributed by atoms with Gasteiger partial charge in [0.2, 0.25) is 0 Å². The van der Waals surface area contributed by atoms with E-state index in [-0.39, 0.29) is 13.2 Å². The molecule has 0 unspecified atom stereocenters. The van der Waals surface area contributed by atoms with Crippen LogP contribution in [-0.4, -0.2) is 64.7 Å². The number of ether oxygens (including phenoxy) is 5. The normalized spacial score (nSPS) is 29.0. The van der Waals surface area contributed by atoms with Crippen molar-refractivity contribution in [2.24, 2.45) is 0 Å². The van der Waals surface area contributed by atoms with Crippen molar-refractivity contribution in [3.8, 4) is 0 Å². The van der Waals surface area contributed by atoms with Crippen molar-refractivity contribution in [1.82, 2.24) is 0 Å². The van der Waals surface area contributed by atoms with E-state index < -0.39 is 48.2 Å². The fourth-order valence-electron chi connectivity index (χ4n) is 3.30. The number of hydrogen-bond acceptors (Lipinski definition) is 7. The fraction of sp³-hybridized carbons (Fsp3) is 0.579. The van der Waals surface area contributed by atoms with Gasteiger partial charge in [-0.05, 0) is 26.3 Å². The second kappa shape index (κ2) is 8.48. The third kappa shape index (κ3) is 4.30. The van der Waals surface area contributed by atoms with Crippen LogP contribution in [0.15, 0.2) is 30.3 Å². The Kier molecular flexibility index (Phi) is 6.24. The van der Waals surface area contributed by atoms with Crippen LogP contribution in [0.2, 0.25) is 0 Å². The van der Waals surface area contributed by atoms with E-state index in [1.807, 2.05) is 30.3 Å². The third-order valence-corrected chi connectivity index (χ3v) is 4.50. The van der Waals surface area contributed by atoms with Crippen LogP contribution >= 0.6 is 0 Å². The first kappa shape index (κ1) is 20.6. The van der Waals surface area contributed by atoms with E-state index in [0.717, 1.165) is 5.56 Å². The zero-order valence-corrected chi connectivity index (χ0v) is 16.0. The lowest BCUT2D eigenvalue weighted by atomic mass is 10.0. The topological polar surface area (TPSA) is 120 Å². The molecule has 2 heterocycles. The molecule has 9 heteroatoms. The van der Waals surface area contributed by atoms with E-state index in [2.05, 4.69) is 4.79 Å². The summed E-state index contributed by atoms with van der Waals surface area (Å²) in [4.78, 5) is 14.9. The number of aliphatic hydroxyl groups excluding tert-OH is 1. The molecule has 2 aliphatic heterocycles. The monoisotopic (exact) mass is 392 g/mol. The number of fused-ring (bicyclic) bond motifs is 1. The van der Waals surface area contributed by atoms with Gasteiger partial charge in [-0.1, -0.05) is 30.3 Å². The van der Waals surface area contributed by atoms with E-state index in [0.29, 0.717) is 0 Å². The first-order valence-corrected chi connectivity index (χ1v) is 9.10. The highest BCUT2D eigenvalue weighted by Crippen LogP contribution is 2.40. The molecule has 0 amide bonds. The van der Waals surface area contributed by atoms with Gasteiger partial charge in [-0.2, -0.15) is 4.79 Å². The standard InChI is InChI=1S/C19H24N2O7/c1-4-24-17(23)12(21-20)13(22)14-15(25-10-11-8-6-5-7-9-11)16-18(26-14)28-19(2,3)27-16/h5-9,13-16,18,22H,4,10H2,1-3H3/t13-,14-,15+,16-,18-/m1/s1. The van der Waals surface area contributed by atoms with Crippen molar-refractivity contribution in [2.45, 2.75) is 63.9 Å². The van der Waals surface area contributed by atoms with Crippen molar-refractivity contribution in [3.63, 3.8) is 0 Å². The molecule has 3 rings (SSSR count). The number of esters is 1. The molecule has 0 bridgehead atoms. The largest absolute Gasteiger partial charge is 0.457 e. The van der Waals surface area contributed by atoms with Gasteiger partial charge in [0.1, 0.15) is 18.3 Å². The number of aliphatic hydroxyl groups is 1. The van der Waals surface area contributed by atoms with Gasteiger partial charge in [-0.3, -0.25) is 0 Å². The molecule has 2 fully saturated rings. The summed E-state index contributed by atoms with van der Waals surface area (Å²) in [6.45, 7) is 5.39. The molecule has 28 heavy (non-hydrogen) atoms. The highest BCUT2D eigenvalue weighted by molar-refractivity contribution is 6.35. The molecule has 2 saturated heterocycles. The number of hydrogen-bond donors (Lipinski definition) is 1. The first-order chi connectivity index (χ1) is 13.4. The Hall–Kier alpha value is -2.13. The fourth-order valence-corrected chi connectivity index (χ4v) is 3.30. The van der Waals surface area contributed by atoms with Crippen molar-refractivity contribution >= 4 is 11.7 Å². The van der Waals surface area contributed by atoms with E-state index >= 15 is 0 Å². The molecule has 9 nitrogen and oxygen atoms in total. The molecular formula is C19H24N2O7. The minimum absolute atomic E-state index is 0.0652. The van der Waals surface area contributed by atoms with Crippen molar-refractivity contribution in [1.29, 1.82) is 0 Å². The Labute approximate surface area is 162 Å². The van der Waals surface area contributed by atoms with Gasteiger partial charge in [0.25, 0.3) is 0 Å². The average Bonchev–Trinajstić information content (AvgIpc) is 3.13. The summed E-state index contributed by atoms with van der Waals surface area (Å²) in [5.74, 6) is -1.82. The molecule has 1 aromatic carbocycles. The van der Waals surface area contributed by atoms with Crippen LogP contribution in [0, 0.1) is 0 Å². The smallest absolute Gasteiger partial charge is 0.419 e. The molecule has 0 radical (unpaired) electrons. The Balaban J connectivity index is 1.80. The van der Waals surface area contributed by atoms with Crippen LogP contribution in [0.5, 0.6) is 0 Å². The van der Waals surface area contributed by atoms with Crippen LogP contribution in [0.25, 0.3) is 5.53 Å². The summed E-state index contributed by atoms with van der Waals surface area (Å²) in [6.07, 6.45) is -4.83. The Morgan fingerprint density at radius 3 is 2.68 bits per heavy atom. The molecular weight excluding hydrogens is 368 g/mol. The summed E-state index contributed by atoms with van der Waals surface area (Å²) in [6, 6.07) is 9.45. The van der Waals surface area contributed by atoms with E-state index in [9.17, 15) is 15.4 Å². The summed E-state index contributed by atoms with van der Waals surface area (Å²) < 4.78 is 28.2. The number of nitrogens with zero attached hydrogens (tertiary/aromatic N) is 2. The summed E-state index contributed by atoms with van der Waals surface area (Å²) in [5, 5.41) is 10.7. The van der Waals surface area contributed by atoms with Crippen LogP contribution in [0.3, 0.4) is 0 Å². The van der Waals surface area contributed by atoms with Gasteiger partial charge in [0, 0.05) is 0 Å². The predicted molar refractivity (Wildman–Crippen MR) is 95.0 cm³/mol. The molecule has 1 aromatic rings. The highest BCUT2D eigenvalue weighted by Gasteiger charge is 2.59. The summed E-state index contributed by atoms with van der Waals surface area (Å²) >= 11 is 0. The van der Waals surface area contributed by atoms with Gasteiger partial charge in [0.15, 0.2) is 18.2 Å². The lowest BCUT2D eigenvalue weighted by Gasteiger charge is -2.27. The Bertz CT molecular complexity index is 748. The van der Waals surface area contributed by atoms with Crippen molar-refractivity contribution in [2.75, 3.05) is 6.61 Å². The van der Waals surface area contributed by atoms with Gasteiger partial charge in [-0.15, -0.1) is 0 Å². The number of carbonyl (C=O) groups is 1. The molecule has 0 saturated carbocycles. The van der Waals surface area contributed by atoms with Gasteiger partial charge >= 0.3 is 11.7 Å². The maximum absolute atomic E-state index is 12.0. The first-order valence-electron chi connectivity index (χ1n) is 9.10. The molecule has 0 spiro atoms. The lowest BCUT2D eigenvalue weighted by molar-refractivity contribution is -0.227. The van der Waals surface area contributed by atoms with Crippen LogP contribution in [0.1, 0.15) is 26.3 Å². The minimum atomic E-state index is -1.59. The molecule has 152 valence electrons. The van der Waals surface area contributed by atoms with E-state index in [4.69, 9.17) is 23.7 Å². The minimum Gasteiger partial charge on any atom is -0.457 e. The van der Waals surface area contributed by atoms with Crippen molar-refractivity contribution in [3.05, 3.63) is 41.4 Å². The second-order valence-corrected chi connectivity index (χ2v) is 6.98. The lowest BCUT2D eigenvalue weighted by Crippen LogP contribution is -2.48. The van der Waals surface area contributed by atoms with Crippen LogP contribution in [-0.2, 0) is 35.1 Å². The Morgan fingerprint density at radius 1 is 1.32 bits per heavy atom. The highest BCUT2D eigenvalue weighted by atomic mass is 16.8. The van der Waals surface area contributed by atoms with E-state index in [1.165, 1.54) is 0 Å². The van der Waals surface area contributed by atoms with Gasteiger partial charge in [0.05, 0.1) is 13.2 Å². The van der Waals surface area contributed by atoms with Gasteiger partial charge < -0.3 is 34.3 Å². The molecule has 5 atom stereocenters. The maximum atomic E-state index is 12.0. The zero-order valence-electron chi connectivity index (χ0n) is 16.0. The van der Waals surface area contributed by atoms with Crippen LogP contribution < -0.4 is 0 Å². The summed E-state index contributed by atoms with van der Waals surface area (Å²) in [7, 11) is 0.